The third-order valence-electron chi connectivity index (χ3n) is 2.20. The zero-order valence-electron chi connectivity index (χ0n) is 9.25. The van der Waals surface area contributed by atoms with Gasteiger partial charge >= 0.3 is 5.97 Å². The van der Waals surface area contributed by atoms with Crippen molar-refractivity contribution in [2.75, 3.05) is 19.8 Å². The van der Waals surface area contributed by atoms with E-state index >= 15 is 0 Å². The Morgan fingerprint density at radius 3 is 3.07 bits per heavy atom. The van der Waals surface area contributed by atoms with Crippen LogP contribution in [0.25, 0.3) is 0 Å². The van der Waals surface area contributed by atoms with Gasteiger partial charge in [-0.1, -0.05) is 6.58 Å². The third-order valence-corrected chi connectivity index (χ3v) is 2.20. The molecule has 1 aliphatic rings. The van der Waals surface area contributed by atoms with Crippen LogP contribution in [-0.4, -0.2) is 32.0 Å². The van der Waals surface area contributed by atoms with Gasteiger partial charge in [0, 0.05) is 12.2 Å². The number of rotatable bonds is 5. The summed E-state index contributed by atoms with van der Waals surface area (Å²) in [4.78, 5) is 11.0. The summed E-state index contributed by atoms with van der Waals surface area (Å²) in [5.74, 6) is -0.312. The molecule has 15 heavy (non-hydrogen) atoms. The maximum atomic E-state index is 11.0. The minimum absolute atomic E-state index is 0.127. The second-order valence-electron chi connectivity index (χ2n) is 3.73. The lowest BCUT2D eigenvalue weighted by Crippen LogP contribution is -2.38. The molecule has 1 atom stereocenters. The summed E-state index contributed by atoms with van der Waals surface area (Å²) < 4.78 is 10.4. The maximum Gasteiger partial charge on any atom is 0.333 e. The smallest absolute Gasteiger partial charge is 0.333 e. The SMILES string of the molecule is C=C(C)C(=O)OCCCC1NCCCO1. The number of carbonyl (C=O) groups excluding carboxylic acids is 1. The van der Waals surface area contributed by atoms with Crippen LogP contribution in [0.3, 0.4) is 0 Å². The van der Waals surface area contributed by atoms with Gasteiger partial charge in [0.05, 0.1) is 6.61 Å². The quantitative estimate of drug-likeness (QED) is 0.424. The van der Waals surface area contributed by atoms with Crippen LogP contribution in [0, 0.1) is 0 Å². The van der Waals surface area contributed by atoms with E-state index in [0.717, 1.165) is 32.4 Å². The third kappa shape index (κ3) is 4.95. The fraction of sp³-hybridized carbons (Fsp3) is 0.727. The van der Waals surface area contributed by atoms with E-state index in [1.807, 2.05) is 0 Å². The zero-order valence-corrected chi connectivity index (χ0v) is 9.25. The van der Waals surface area contributed by atoms with Crippen molar-refractivity contribution in [2.24, 2.45) is 0 Å². The van der Waals surface area contributed by atoms with E-state index in [0.29, 0.717) is 12.2 Å². The van der Waals surface area contributed by atoms with E-state index in [1.54, 1.807) is 6.92 Å². The van der Waals surface area contributed by atoms with Crippen LogP contribution in [0.5, 0.6) is 0 Å². The Kier molecular flexibility index (Phi) is 5.36. The monoisotopic (exact) mass is 213 g/mol. The molecule has 1 heterocycles. The first-order chi connectivity index (χ1) is 7.20. The Balaban J connectivity index is 2.01. The predicted molar refractivity (Wildman–Crippen MR) is 57.4 cm³/mol. The maximum absolute atomic E-state index is 11.0. The summed E-state index contributed by atoms with van der Waals surface area (Å²) in [6.07, 6.45) is 2.89. The molecule has 0 amide bonds. The van der Waals surface area contributed by atoms with Gasteiger partial charge in [-0.3, -0.25) is 5.32 Å². The molecule has 0 aromatic carbocycles. The van der Waals surface area contributed by atoms with Gasteiger partial charge in [-0.15, -0.1) is 0 Å². The number of ether oxygens (including phenoxy) is 2. The number of carbonyl (C=O) groups is 1. The fourth-order valence-corrected chi connectivity index (χ4v) is 1.36. The minimum atomic E-state index is -0.312. The second kappa shape index (κ2) is 6.58. The van der Waals surface area contributed by atoms with Gasteiger partial charge in [0.25, 0.3) is 0 Å². The molecule has 0 spiro atoms. The fourth-order valence-electron chi connectivity index (χ4n) is 1.36. The number of nitrogens with one attached hydrogen (secondary N) is 1. The summed E-state index contributed by atoms with van der Waals surface area (Å²) in [5.41, 5.74) is 0.446. The lowest BCUT2D eigenvalue weighted by atomic mass is 10.2. The molecule has 1 rings (SSSR count). The van der Waals surface area contributed by atoms with Crippen LogP contribution >= 0.6 is 0 Å². The highest BCUT2D eigenvalue weighted by molar-refractivity contribution is 5.86. The highest BCUT2D eigenvalue weighted by Crippen LogP contribution is 2.05. The Labute approximate surface area is 90.6 Å². The van der Waals surface area contributed by atoms with Crippen LogP contribution in [0.1, 0.15) is 26.2 Å². The number of hydrogen-bond donors (Lipinski definition) is 1. The van der Waals surface area contributed by atoms with Gasteiger partial charge in [0.15, 0.2) is 0 Å². The molecule has 0 aromatic heterocycles. The molecule has 4 nitrogen and oxygen atoms in total. The lowest BCUT2D eigenvalue weighted by Gasteiger charge is -2.23. The van der Waals surface area contributed by atoms with E-state index in [9.17, 15) is 4.79 Å². The molecule has 1 unspecified atom stereocenters. The Morgan fingerprint density at radius 1 is 1.67 bits per heavy atom. The van der Waals surface area contributed by atoms with Gasteiger partial charge in [-0.05, 0) is 32.7 Å². The summed E-state index contributed by atoms with van der Waals surface area (Å²) in [7, 11) is 0. The van der Waals surface area contributed by atoms with Crippen LogP contribution in [-0.2, 0) is 14.3 Å². The molecule has 4 heteroatoms. The van der Waals surface area contributed by atoms with Gasteiger partial charge in [-0.25, -0.2) is 4.79 Å². The van der Waals surface area contributed by atoms with Crippen molar-refractivity contribution >= 4 is 5.97 Å². The first-order valence-corrected chi connectivity index (χ1v) is 5.38. The highest BCUT2D eigenvalue weighted by atomic mass is 16.5. The zero-order chi connectivity index (χ0) is 11.1. The van der Waals surface area contributed by atoms with Gasteiger partial charge < -0.3 is 9.47 Å². The summed E-state index contributed by atoms with van der Waals surface area (Å²) in [6, 6.07) is 0. The van der Waals surface area contributed by atoms with Crippen LogP contribution in [0.2, 0.25) is 0 Å². The molecule has 0 bridgehead atoms. The molecular weight excluding hydrogens is 194 g/mol. The largest absolute Gasteiger partial charge is 0.462 e. The highest BCUT2D eigenvalue weighted by Gasteiger charge is 2.12. The molecule has 1 aliphatic heterocycles. The minimum Gasteiger partial charge on any atom is -0.462 e. The van der Waals surface area contributed by atoms with Crippen LogP contribution < -0.4 is 5.32 Å². The van der Waals surface area contributed by atoms with Crippen molar-refractivity contribution in [1.29, 1.82) is 0 Å². The topological polar surface area (TPSA) is 47.6 Å². The van der Waals surface area contributed by atoms with E-state index < -0.39 is 0 Å². The van der Waals surface area contributed by atoms with Crippen molar-refractivity contribution < 1.29 is 14.3 Å². The molecule has 0 saturated carbocycles. The van der Waals surface area contributed by atoms with Crippen LogP contribution in [0.15, 0.2) is 12.2 Å². The van der Waals surface area contributed by atoms with E-state index in [4.69, 9.17) is 9.47 Å². The predicted octanol–water partition coefficient (Wildman–Crippen LogP) is 1.22. The van der Waals surface area contributed by atoms with E-state index in [2.05, 4.69) is 11.9 Å². The Morgan fingerprint density at radius 2 is 2.47 bits per heavy atom. The number of hydrogen-bond acceptors (Lipinski definition) is 4. The summed E-state index contributed by atoms with van der Waals surface area (Å²) in [6.45, 7) is 7.43. The lowest BCUT2D eigenvalue weighted by molar-refractivity contribution is -0.139. The first-order valence-electron chi connectivity index (χ1n) is 5.38. The Hall–Kier alpha value is -0.870. The second-order valence-corrected chi connectivity index (χ2v) is 3.73. The first kappa shape index (κ1) is 12.2. The van der Waals surface area contributed by atoms with Crippen molar-refractivity contribution in [3.05, 3.63) is 12.2 Å². The molecule has 1 saturated heterocycles. The molecule has 0 aliphatic carbocycles. The molecule has 1 fully saturated rings. The molecular formula is C11H19NO3. The molecule has 1 N–H and O–H groups in total. The summed E-state index contributed by atoms with van der Waals surface area (Å²) >= 11 is 0. The van der Waals surface area contributed by atoms with E-state index in [-0.39, 0.29) is 12.2 Å². The molecule has 0 aromatic rings. The van der Waals surface area contributed by atoms with Crippen molar-refractivity contribution in [3.8, 4) is 0 Å². The summed E-state index contributed by atoms with van der Waals surface area (Å²) in [5, 5.41) is 3.25. The van der Waals surface area contributed by atoms with E-state index in [1.165, 1.54) is 0 Å². The number of esters is 1. The standard InChI is InChI=1S/C11H19NO3/c1-9(2)11(13)15-7-3-5-10-12-6-4-8-14-10/h10,12H,1,3-8H2,2H3. The van der Waals surface area contributed by atoms with Crippen LogP contribution in [0.4, 0.5) is 0 Å². The van der Waals surface area contributed by atoms with Crippen molar-refractivity contribution in [3.63, 3.8) is 0 Å². The van der Waals surface area contributed by atoms with Gasteiger partial charge in [0.2, 0.25) is 0 Å². The average molecular weight is 213 g/mol. The molecule has 86 valence electrons. The average Bonchev–Trinajstić information content (AvgIpc) is 2.25. The Bertz CT molecular complexity index is 222. The van der Waals surface area contributed by atoms with Crippen molar-refractivity contribution in [1.82, 2.24) is 5.32 Å². The van der Waals surface area contributed by atoms with Crippen molar-refractivity contribution in [2.45, 2.75) is 32.4 Å². The van der Waals surface area contributed by atoms with Gasteiger partial charge in [0.1, 0.15) is 6.23 Å². The normalized spacial score (nSPS) is 21.0. The van der Waals surface area contributed by atoms with Gasteiger partial charge in [-0.2, -0.15) is 0 Å². The molecule has 0 radical (unpaired) electrons.